The molecule has 0 atom stereocenters. The Hall–Kier alpha value is 0.840. The molecule has 0 spiro atoms. The molecule has 1 fully saturated rings. The summed E-state index contributed by atoms with van der Waals surface area (Å²) in [6.45, 7) is 0. The van der Waals surface area contributed by atoms with Gasteiger partial charge in [-0.1, -0.05) is 50.7 Å². The third kappa shape index (κ3) is 2.96. The molecule has 0 aromatic heterocycles. The maximum Gasteiger partial charge on any atom is 0.191 e. The van der Waals surface area contributed by atoms with Crippen molar-refractivity contribution in [2.24, 2.45) is 5.92 Å². The van der Waals surface area contributed by atoms with Crippen molar-refractivity contribution < 1.29 is 0 Å². The van der Waals surface area contributed by atoms with Crippen LogP contribution in [0.25, 0.3) is 0 Å². The summed E-state index contributed by atoms with van der Waals surface area (Å²) in [6, 6.07) is 2.18. The van der Waals surface area contributed by atoms with Crippen LogP contribution in [0.5, 0.6) is 0 Å². The van der Waals surface area contributed by atoms with E-state index in [4.69, 9.17) is 40.1 Å². The molecular weight excluding hydrogens is 284 g/mol. The van der Waals surface area contributed by atoms with Gasteiger partial charge in [-0.25, -0.2) is 0 Å². The Labute approximate surface area is 95.1 Å². The lowest BCUT2D eigenvalue weighted by atomic mass is 9.74. The Balaban J connectivity index is 2.41. The van der Waals surface area contributed by atoms with E-state index in [0.717, 1.165) is 12.8 Å². The maximum absolute atomic E-state index is 8.55. The number of rotatable bonds is 1. The minimum absolute atomic E-state index is 0.122. The summed E-state index contributed by atoms with van der Waals surface area (Å²) in [5.41, 5.74) is 0. The first-order valence-electron chi connectivity index (χ1n) is 3.50. The summed E-state index contributed by atoms with van der Waals surface area (Å²) in [4.78, 5) is 0. The first-order chi connectivity index (χ1) is 5.35. The highest BCUT2D eigenvalue weighted by atomic mass is 79.9. The Morgan fingerprint density at radius 2 is 2.00 bits per heavy atom. The van der Waals surface area contributed by atoms with Crippen LogP contribution in [0.1, 0.15) is 19.3 Å². The van der Waals surface area contributed by atoms with Crippen LogP contribution in [-0.4, -0.2) is 8.12 Å². The molecule has 0 unspecified atom stereocenters. The van der Waals surface area contributed by atoms with Gasteiger partial charge in [-0.3, -0.25) is 0 Å². The number of nitrogens with zero attached hydrogens (tertiary/aromatic N) is 1. The summed E-state index contributed by atoms with van der Waals surface area (Å²) < 4.78 is -1.34. The van der Waals surface area contributed by atoms with Gasteiger partial charge in [0, 0.05) is 16.7 Å². The third-order valence-electron chi connectivity index (χ3n) is 1.92. The normalized spacial score (nSPS) is 35.4. The lowest BCUT2D eigenvalue weighted by molar-refractivity contribution is 0.282. The molecule has 0 heterocycles. The van der Waals surface area contributed by atoms with Gasteiger partial charge in [0.15, 0.2) is 3.79 Å². The first-order valence-corrected chi connectivity index (χ1v) is 5.43. The third-order valence-corrected chi connectivity index (χ3v) is 3.25. The molecule has 0 aromatic rings. The highest BCUT2D eigenvalue weighted by molar-refractivity contribution is 9.10. The topological polar surface area (TPSA) is 23.8 Å². The van der Waals surface area contributed by atoms with E-state index in [1.807, 2.05) is 0 Å². The molecule has 0 radical (unpaired) electrons. The molecule has 1 aliphatic rings. The van der Waals surface area contributed by atoms with Gasteiger partial charge in [0.2, 0.25) is 0 Å². The summed E-state index contributed by atoms with van der Waals surface area (Å²) in [7, 11) is 0. The zero-order valence-electron chi connectivity index (χ0n) is 6.16. The smallest absolute Gasteiger partial charge is 0.191 e. The predicted octanol–water partition coefficient (Wildman–Crippen LogP) is 3.81. The second-order valence-corrected chi connectivity index (χ2v) is 7.38. The molecule has 68 valence electrons. The molecule has 5 heteroatoms. The number of alkyl halides is 4. The van der Waals surface area contributed by atoms with Crippen LogP contribution in [-0.2, 0) is 0 Å². The molecule has 0 bridgehead atoms. The van der Waals surface area contributed by atoms with Gasteiger partial charge in [0.1, 0.15) is 0 Å². The van der Waals surface area contributed by atoms with Crippen molar-refractivity contribution in [1.29, 1.82) is 5.26 Å². The van der Waals surface area contributed by atoms with Gasteiger partial charge in [-0.2, -0.15) is 5.26 Å². The number of halogens is 4. The average molecular weight is 291 g/mol. The number of nitriles is 1. The summed E-state index contributed by atoms with van der Waals surface area (Å²) in [5, 5.41) is 8.55. The van der Waals surface area contributed by atoms with Crippen LogP contribution in [0.3, 0.4) is 0 Å². The molecular formula is C7H7BrCl3N. The zero-order chi connectivity index (χ0) is 9.41. The van der Waals surface area contributed by atoms with Gasteiger partial charge < -0.3 is 0 Å². The Morgan fingerprint density at radius 1 is 1.50 bits per heavy atom. The minimum Gasteiger partial charge on any atom is -0.198 e. The summed E-state index contributed by atoms with van der Waals surface area (Å²) in [6.07, 6.45) is 2.01. The second kappa shape index (κ2) is 3.53. The molecule has 1 rings (SSSR count). The van der Waals surface area contributed by atoms with Crippen molar-refractivity contribution in [3.63, 3.8) is 0 Å². The fourth-order valence-corrected chi connectivity index (χ4v) is 3.87. The SMILES string of the molecule is N#CC1CC(Br)(CC(Cl)(Cl)Cl)C1. The van der Waals surface area contributed by atoms with Crippen LogP contribution < -0.4 is 0 Å². The van der Waals surface area contributed by atoms with E-state index in [0.29, 0.717) is 6.42 Å². The Kier molecular flexibility index (Phi) is 3.22. The van der Waals surface area contributed by atoms with E-state index in [-0.39, 0.29) is 10.2 Å². The minimum atomic E-state index is -1.22. The van der Waals surface area contributed by atoms with Crippen LogP contribution in [0.2, 0.25) is 0 Å². The molecule has 0 aliphatic heterocycles. The van der Waals surface area contributed by atoms with Crippen molar-refractivity contribution >= 4 is 50.7 Å². The average Bonchev–Trinajstić information content (AvgIpc) is 1.78. The lowest BCUT2D eigenvalue weighted by Crippen LogP contribution is -2.40. The second-order valence-electron chi connectivity index (χ2n) is 3.18. The standard InChI is InChI=1S/C7H7BrCl3N/c8-6(4-7(9,10)11)1-5(2-6)3-12/h5H,1-2,4H2. The Morgan fingerprint density at radius 3 is 2.33 bits per heavy atom. The highest BCUT2D eigenvalue weighted by Gasteiger charge is 2.46. The monoisotopic (exact) mass is 289 g/mol. The van der Waals surface area contributed by atoms with E-state index in [1.165, 1.54) is 0 Å². The van der Waals surface area contributed by atoms with Crippen molar-refractivity contribution in [1.82, 2.24) is 0 Å². The number of hydrogen-bond acceptors (Lipinski definition) is 1. The van der Waals surface area contributed by atoms with E-state index in [2.05, 4.69) is 22.0 Å². The highest BCUT2D eigenvalue weighted by Crippen LogP contribution is 2.52. The molecule has 1 saturated carbocycles. The lowest BCUT2D eigenvalue weighted by Gasteiger charge is -2.41. The predicted molar refractivity (Wildman–Crippen MR) is 54.9 cm³/mol. The van der Waals surface area contributed by atoms with Crippen LogP contribution in [0.15, 0.2) is 0 Å². The Bertz CT molecular complexity index is 212. The van der Waals surface area contributed by atoms with E-state index < -0.39 is 3.79 Å². The van der Waals surface area contributed by atoms with Crippen molar-refractivity contribution in [3.8, 4) is 6.07 Å². The molecule has 0 N–H and O–H groups in total. The molecule has 1 nitrogen and oxygen atoms in total. The van der Waals surface area contributed by atoms with Crippen molar-refractivity contribution in [2.75, 3.05) is 0 Å². The van der Waals surface area contributed by atoms with Crippen LogP contribution in [0.4, 0.5) is 0 Å². The molecule has 0 saturated heterocycles. The summed E-state index contributed by atoms with van der Waals surface area (Å²) >= 11 is 20.4. The van der Waals surface area contributed by atoms with Gasteiger partial charge in [0.25, 0.3) is 0 Å². The van der Waals surface area contributed by atoms with Gasteiger partial charge >= 0.3 is 0 Å². The summed E-state index contributed by atoms with van der Waals surface area (Å²) in [5.74, 6) is 0.122. The number of hydrogen-bond donors (Lipinski definition) is 0. The zero-order valence-corrected chi connectivity index (χ0v) is 10.0. The first kappa shape index (κ1) is 10.9. The maximum atomic E-state index is 8.55. The van der Waals surface area contributed by atoms with Crippen molar-refractivity contribution in [3.05, 3.63) is 0 Å². The molecule has 1 aliphatic carbocycles. The molecule has 12 heavy (non-hydrogen) atoms. The molecule has 0 amide bonds. The van der Waals surface area contributed by atoms with Crippen molar-refractivity contribution in [2.45, 2.75) is 27.4 Å². The molecule has 0 aromatic carbocycles. The fourth-order valence-electron chi connectivity index (χ4n) is 1.42. The van der Waals surface area contributed by atoms with Crippen LogP contribution in [0, 0.1) is 17.2 Å². The van der Waals surface area contributed by atoms with E-state index in [9.17, 15) is 0 Å². The van der Waals surface area contributed by atoms with Gasteiger partial charge in [-0.05, 0) is 12.8 Å². The van der Waals surface area contributed by atoms with Crippen LogP contribution >= 0.6 is 50.7 Å². The fraction of sp³-hybridized carbons (Fsp3) is 0.857. The van der Waals surface area contributed by atoms with E-state index >= 15 is 0 Å². The largest absolute Gasteiger partial charge is 0.198 e. The van der Waals surface area contributed by atoms with E-state index in [1.54, 1.807) is 0 Å². The van der Waals surface area contributed by atoms with Gasteiger partial charge in [0.05, 0.1) is 6.07 Å². The quantitative estimate of drug-likeness (QED) is 0.674. The van der Waals surface area contributed by atoms with Gasteiger partial charge in [-0.15, -0.1) is 0 Å².